The van der Waals surface area contributed by atoms with E-state index in [0.29, 0.717) is 5.25 Å². The molecular formula is C14H26N2O3S. The number of amides is 2. The van der Waals surface area contributed by atoms with Gasteiger partial charge in [0.05, 0.1) is 6.42 Å². The maximum atomic E-state index is 12.2. The van der Waals surface area contributed by atoms with Gasteiger partial charge in [0, 0.05) is 23.9 Å². The quantitative estimate of drug-likeness (QED) is 0.758. The van der Waals surface area contributed by atoms with E-state index in [0.717, 1.165) is 25.0 Å². The fraction of sp³-hybridized carbons (Fsp3) is 0.857. The smallest absolute Gasteiger partial charge is 0.317 e. The van der Waals surface area contributed by atoms with Gasteiger partial charge in [-0.15, -0.1) is 0 Å². The minimum atomic E-state index is -0.872. The zero-order valence-electron chi connectivity index (χ0n) is 12.6. The zero-order valence-corrected chi connectivity index (χ0v) is 13.4. The lowest BCUT2D eigenvalue weighted by Gasteiger charge is -2.28. The summed E-state index contributed by atoms with van der Waals surface area (Å²) in [5, 5.41) is 12.4. The average Bonchev–Trinajstić information content (AvgIpc) is 2.76. The van der Waals surface area contributed by atoms with E-state index in [2.05, 4.69) is 12.2 Å². The summed E-state index contributed by atoms with van der Waals surface area (Å²) in [6.07, 6.45) is 3.19. The summed E-state index contributed by atoms with van der Waals surface area (Å²) in [4.78, 5) is 24.5. The van der Waals surface area contributed by atoms with E-state index >= 15 is 0 Å². The number of carboxylic acid groups (broad SMARTS) is 1. The van der Waals surface area contributed by atoms with Gasteiger partial charge in [0.15, 0.2) is 0 Å². The molecule has 0 aromatic carbocycles. The van der Waals surface area contributed by atoms with E-state index < -0.39 is 5.97 Å². The van der Waals surface area contributed by atoms with Gasteiger partial charge in [-0.25, -0.2) is 4.79 Å². The molecule has 0 bridgehead atoms. The maximum absolute atomic E-state index is 12.2. The number of hydrogen-bond donors (Lipinski definition) is 2. The molecule has 2 unspecified atom stereocenters. The Balaban J connectivity index is 2.44. The minimum Gasteiger partial charge on any atom is -0.481 e. The molecule has 0 aliphatic heterocycles. The van der Waals surface area contributed by atoms with Gasteiger partial charge in [0.25, 0.3) is 0 Å². The van der Waals surface area contributed by atoms with E-state index in [1.165, 1.54) is 0 Å². The van der Waals surface area contributed by atoms with E-state index in [-0.39, 0.29) is 31.1 Å². The normalized spacial score (nSPS) is 22.0. The number of hydrogen-bond acceptors (Lipinski definition) is 3. The van der Waals surface area contributed by atoms with Crippen molar-refractivity contribution in [3.05, 3.63) is 0 Å². The molecular weight excluding hydrogens is 276 g/mol. The Hall–Kier alpha value is -0.910. The van der Waals surface area contributed by atoms with Crippen LogP contribution in [0.1, 0.15) is 46.5 Å². The molecule has 1 fully saturated rings. The average molecular weight is 302 g/mol. The van der Waals surface area contributed by atoms with Crippen molar-refractivity contribution < 1.29 is 14.7 Å². The molecule has 0 aromatic heterocycles. The van der Waals surface area contributed by atoms with Gasteiger partial charge in [-0.3, -0.25) is 4.79 Å². The molecule has 0 saturated heterocycles. The molecule has 5 nitrogen and oxygen atoms in total. The van der Waals surface area contributed by atoms with Crippen LogP contribution in [0.3, 0.4) is 0 Å². The van der Waals surface area contributed by atoms with Crippen LogP contribution in [-0.4, -0.2) is 51.6 Å². The van der Waals surface area contributed by atoms with Gasteiger partial charge in [-0.05, 0) is 38.9 Å². The summed E-state index contributed by atoms with van der Waals surface area (Å²) in [6.45, 7) is 6.24. The Bertz CT molecular complexity index is 336. The fourth-order valence-electron chi connectivity index (χ4n) is 2.53. The highest BCUT2D eigenvalue weighted by Gasteiger charge is 2.27. The second kappa shape index (κ2) is 8.39. The molecule has 0 radical (unpaired) electrons. The first-order valence-corrected chi connectivity index (χ1v) is 8.39. The second-order valence-electron chi connectivity index (χ2n) is 5.47. The van der Waals surface area contributed by atoms with Crippen LogP contribution in [0.4, 0.5) is 4.79 Å². The van der Waals surface area contributed by atoms with E-state index in [1.807, 2.05) is 25.6 Å². The third-order valence-electron chi connectivity index (χ3n) is 3.57. The van der Waals surface area contributed by atoms with Crippen LogP contribution in [0.2, 0.25) is 0 Å². The number of carboxylic acids is 1. The lowest BCUT2D eigenvalue weighted by molar-refractivity contribution is -0.137. The molecule has 1 aliphatic rings. The molecule has 6 heteroatoms. The molecule has 2 atom stereocenters. The fourth-order valence-corrected chi connectivity index (χ4v) is 3.67. The predicted octanol–water partition coefficient (Wildman–Crippen LogP) is 2.56. The molecule has 0 spiro atoms. The summed E-state index contributed by atoms with van der Waals surface area (Å²) in [7, 11) is 0. The van der Waals surface area contributed by atoms with Gasteiger partial charge in [-0.2, -0.15) is 11.8 Å². The van der Waals surface area contributed by atoms with Crippen LogP contribution in [0.5, 0.6) is 0 Å². The maximum Gasteiger partial charge on any atom is 0.317 e. The van der Waals surface area contributed by atoms with Crippen molar-refractivity contribution >= 4 is 23.8 Å². The van der Waals surface area contributed by atoms with Crippen molar-refractivity contribution in [2.45, 2.75) is 63.8 Å². The van der Waals surface area contributed by atoms with E-state index in [1.54, 1.807) is 4.90 Å². The molecule has 2 amide bonds. The molecule has 2 N–H and O–H groups in total. The lowest BCUT2D eigenvalue weighted by Crippen LogP contribution is -2.47. The molecule has 1 aliphatic carbocycles. The number of carbonyl (C=O) groups excluding carboxylic acids is 1. The summed E-state index contributed by atoms with van der Waals surface area (Å²) in [5.74, 6) is 0.242. The summed E-state index contributed by atoms with van der Waals surface area (Å²) >= 11 is 1.96. The van der Waals surface area contributed by atoms with Crippen molar-refractivity contribution in [3.8, 4) is 0 Å². The van der Waals surface area contributed by atoms with Crippen LogP contribution in [-0.2, 0) is 4.79 Å². The minimum absolute atomic E-state index is 0.00935. The van der Waals surface area contributed by atoms with Crippen LogP contribution in [0, 0.1) is 0 Å². The largest absolute Gasteiger partial charge is 0.481 e. The Morgan fingerprint density at radius 1 is 1.40 bits per heavy atom. The highest BCUT2D eigenvalue weighted by Crippen LogP contribution is 2.29. The Morgan fingerprint density at radius 2 is 2.10 bits per heavy atom. The zero-order chi connectivity index (χ0) is 15.1. The van der Waals surface area contributed by atoms with E-state index in [9.17, 15) is 9.59 Å². The van der Waals surface area contributed by atoms with Crippen molar-refractivity contribution in [2.24, 2.45) is 0 Å². The number of carbonyl (C=O) groups is 2. The van der Waals surface area contributed by atoms with Gasteiger partial charge in [0.1, 0.15) is 0 Å². The van der Waals surface area contributed by atoms with Crippen LogP contribution < -0.4 is 5.32 Å². The van der Waals surface area contributed by atoms with Crippen molar-refractivity contribution in [3.63, 3.8) is 0 Å². The number of thioether (sulfide) groups is 1. The third kappa shape index (κ3) is 5.61. The first-order chi connectivity index (χ1) is 9.43. The molecule has 20 heavy (non-hydrogen) atoms. The number of rotatable bonds is 7. The summed E-state index contributed by atoms with van der Waals surface area (Å²) in [5.41, 5.74) is 0. The Morgan fingerprint density at radius 3 is 2.65 bits per heavy atom. The summed E-state index contributed by atoms with van der Waals surface area (Å²) in [6, 6.07) is 0.114. The van der Waals surface area contributed by atoms with Gasteiger partial charge < -0.3 is 15.3 Å². The van der Waals surface area contributed by atoms with Gasteiger partial charge in [-0.1, -0.05) is 6.92 Å². The van der Waals surface area contributed by atoms with Crippen LogP contribution >= 0.6 is 11.8 Å². The van der Waals surface area contributed by atoms with Crippen molar-refractivity contribution in [1.29, 1.82) is 0 Å². The first kappa shape index (κ1) is 17.1. The van der Waals surface area contributed by atoms with Gasteiger partial charge in [0.2, 0.25) is 0 Å². The highest BCUT2D eigenvalue weighted by molar-refractivity contribution is 7.99. The predicted molar refractivity (Wildman–Crippen MR) is 82.2 cm³/mol. The number of nitrogens with zero attached hydrogens (tertiary/aromatic N) is 1. The van der Waals surface area contributed by atoms with E-state index in [4.69, 9.17) is 5.11 Å². The highest BCUT2D eigenvalue weighted by atomic mass is 32.2. The first-order valence-electron chi connectivity index (χ1n) is 7.34. The molecule has 1 saturated carbocycles. The second-order valence-corrected chi connectivity index (χ2v) is 7.05. The molecule has 0 aromatic rings. The Labute approximate surface area is 125 Å². The van der Waals surface area contributed by atoms with Crippen LogP contribution in [0.25, 0.3) is 0 Å². The van der Waals surface area contributed by atoms with Gasteiger partial charge >= 0.3 is 12.0 Å². The molecule has 1 rings (SSSR count). The standard InChI is InChI=1S/C14H26N2O3S/c1-4-20-12-6-5-11(9-12)15-14(19)16(10(2)3)8-7-13(17)18/h10-12H,4-9H2,1-3H3,(H,15,19)(H,17,18). The van der Waals surface area contributed by atoms with Crippen molar-refractivity contribution in [2.75, 3.05) is 12.3 Å². The number of urea groups is 1. The molecule has 0 heterocycles. The lowest BCUT2D eigenvalue weighted by atomic mass is 10.2. The SMILES string of the molecule is CCSC1CCC(NC(=O)N(CCC(=O)O)C(C)C)C1. The topological polar surface area (TPSA) is 69.6 Å². The third-order valence-corrected chi connectivity index (χ3v) is 4.80. The van der Waals surface area contributed by atoms with Crippen LogP contribution in [0.15, 0.2) is 0 Å². The summed E-state index contributed by atoms with van der Waals surface area (Å²) < 4.78 is 0. The van der Waals surface area contributed by atoms with Crippen molar-refractivity contribution in [1.82, 2.24) is 10.2 Å². The number of aliphatic carboxylic acids is 1. The monoisotopic (exact) mass is 302 g/mol. The number of nitrogens with one attached hydrogen (secondary N) is 1. The Kier molecular flexibility index (Phi) is 7.19. The molecule has 116 valence electrons.